The van der Waals surface area contributed by atoms with Crippen molar-refractivity contribution in [1.29, 1.82) is 0 Å². The maximum atomic E-state index is 12.2. The van der Waals surface area contributed by atoms with Gasteiger partial charge in [-0.3, -0.25) is 4.72 Å². The molecule has 7 heteroatoms. The van der Waals surface area contributed by atoms with Crippen LogP contribution in [0.25, 0.3) is 0 Å². The van der Waals surface area contributed by atoms with Crippen LogP contribution in [0, 0.1) is 13.8 Å². The zero-order chi connectivity index (χ0) is 14.2. The van der Waals surface area contributed by atoms with Gasteiger partial charge >= 0.3 is 0 Å². The molecule has 0 atom stereocenters. The van der Waals surface area contributed by atoms with Gasteiger partial charge in [-0.1, -0.05) is 15.9 Å². The molecule has 0 amide bonds. The van der Waals surface area contributed by atoms with E-state index < -0.39 is 10.0 Å². The smallest absolute Gasteiger partial charge is 0.280 e. The SMILES string of the molecule is Cc1cc(Br)ccc1NS(=O)(=O)c1cn(C)c(C)n1. The molecule has 0 saturated carbocycles. The average molecular weight is 344 g/mol. The molecule has 1 heterocycles. The summed E-state index contributed by atoms with van der Waals surface area (Å²) in [6, 6.07) is 5.35. The molecule has 19 heavy (non-hydrogen) atoms. The molecule has 0 fully saturated rings. The van der Waals surface area contributed by atoms with Crippen molar-refractivity contribution < 1.29 is 8.42 Å². The van der Waals surface area contributed by atoms with Gasteiger partial charge in [-0.15, -0.1) is 0 Å². The molecule has 2 aromatic rings. The highest BCUT2D eigenvalue weighted by molar-refractivity contribution is 9.10. The van der Waals surface area contributed by atoms with Crippen molar-refractivity contribution in [2.24, 2.45) is 7.05 Å². The predicted octanol–water partition coefficient (Wildman–Crippen LogP) is 2.60. The fourth-order valence-corrected chi connectivity index (χ4v) is 3.24. The second-order valence-electron chi connectivity index (χ2n) is 4.30. The van der Waals surface area contributed by atoms with Crippen LogP contribution in [0.4, 0.5) is 5.69 Å². The molecule has 0 aliphatic heterocycles. The first-order valence-corrected chi connectivity index (χ1v) is 7.86. The van der Waals surface area contributed by atoms with Crippen LogP contribution in [-0.4, -0.2) is 18.0 Å². The Balaban J connectivity index is 2.36. The minimum atomic E-state index is -3.65. The Morgan fingerprint density at radius 2 is 2.00 bits per heavy atom. The van der Waals surface area contributed by atoms with E-state index in [4.69, 9.17) is 0 Å². The quantitative estimate of drug-likeness (QED) is 0.931. The Bertz CT molecular complexity index is 703. The third-order valence-corrected chi connectivity index (χ3v) is 4.52. The number of halogens is 1. The molecule has 0 saturated heterocycles. The van der Waals surface area contributed by atoms with Crippen LogP contribution in [0.15, 0.2) is 33.9 Å². The molecule has 0 spiro atoms. The van der Waals surface area contributed by atoms with E-state index in [9.17, 15) is 8.42 Å². The fourth-order valence-electron chi connectivity index (χ4n) is 1.59. The van der Waals surface area contributed by atoms with Gasteiger partial charge in [0.25, 0.3) is 10.0 Å². The van der Waals surface area contributed by atoms with E-state index in [1.165, 1.54) is 6.20 Å². The van der Waals surface area contributed by atoms with Crippen LogP contribution < -0.4 is 4.72 Å². The average Bonchev–Trinajstić information content (AvgIpc) is 2.64. The van der Waals surface area contributed by atoms with E-state index in [0.717, 1.165) is 10.0 Å². The van der Waals surface area contributed by atoms with Crippen LogP contribution in [-0.2, 0) is 17.1 Å². The lowest BCUT2D eigenvalue weighted by molar-refractivity contribution is 0.598. The third kappa shape index (κ3) is 2.98. The van der Waals surface area contributed by atoms with E-state index in [-0.39, 0.29) is 5.03 Å². The Kier molecular flexibility index (Phi) is 3.69. The summed E-state index contributed by atoms with van der Waals surface area (Å²) in [6.45, 7) is 3.59. The van der Waals surface area contributed by atoms with E-state index >= 15 is 0 Å². The summed E-state index contributed by atoms with van der Waals surface area (Å²) in [6.07, 6.45) is 1.49. The number of aryl methyl sites for hydroxylation is 3. The lowest BCUT2D eigenvalue weighted by Crippen LogP contribution is -2.14. The Hall–Kier alpha value is -1.34. The number of sulfonamides is 1. The molecule has 0 aliphatic carbocycles. The van der Waals surface area contributed by atoms with E-state index in [1.54, 1.807) is 30.7 Å². The lowest BCUT2D eigenvalue weighted by Gasteiger charge is -2.09. The standard InChI is InChI=1S/C12H14BrN3O2S/c1-8-6-10(13)4-5-11(8)15-19(17,18)12-7-16(3)9(2)14-12/h4-7,15H,1-3H3. The van der Waals surface area contributed by atoms with Crippen molar-refractivity contribution in [3.63, 3.8) is 0 Å². The van der Waals surface area contributed by atoms with Crippen molar-refractivity contribution in [2.75, 3.05) is 4.72 Å². The molecule has 0 bridgehead atoms. The van der Waals surface area contributed by atoms with Crippen LogP contribution in [0.2, 0.25) is 0 Å². The molecular formula is C12H14BrN3O2S. The topological polar surface area (TPSA) is 64.0 Å². The van der Waals surface area contributed by atoms with E-state index in [2.05, 4.69) is 25.6 Å². The van der Waals surface area contributed by atoms with Gasteiger partial charge in [-0.25, -0.2) is 4.98 Å². The van der Waals surface area contributed by atoms with Gasteiger partial charge in [0, 0.05) is 17.7 Å². The summed E-state index contributed by atoms with van der Waals surface area (Å²) in [5.74, 6) is 0.646. The van der Waals surface area contributed by atoms with Gasteiger partial charge in [-0.2, -0.15) is 8.42 Å². The van der Waals surface area contributed by atoms with Crippen LogP contribution in [0.5, 0.6) is 0 Å². The summed E-state index contributed by atoms with van der Waals surface area (Å²) in [5, 5.41) is 0.0230. The predicted molar refractivity (Wildman–Crippen MR) is 77.6 cm³/mol. The van der Waals surface area contributed by atoms with Gasteiger partial charge in [0.05, 0.1) is 5.69 Å². The molecule has 0 unspecified atom stereocenters. The lowest BCUT2D eigenvalue weighted by atomic mass is 10.2. The molecule has 1 aromatic carbocycles. The number of imidazole rings is 1. The van der Waals surface area contributed by atoms with Crippen molar-refractivity contribution >= 4 is 31.6 Å². The molecule has 1 aromatic heterocycles. The molecule has 0 radical (unpaired) electrons. The minimum absolute atomic E-state index is 0.0230. The van der Waals surface area contributed by atoms with Gasteiger partial charge in [0.2, 0.25) is 0 Å². The molecule has 0 aliphatic rings. The minimum Gasteiger partial charge on any atom is -0.337 e. The fraction of sp³-hybridized carbons (Fsp3) is 0.250. The van der Waals surface area contributed by atoms with Crippen LogP contribution in [0.1, 0.15) is 11.4 Å². The highest BCUT2D eigenvalue weighted by Gasteiger charge is 2.19. The number of benzene rings is 1. The van der Waals surface area contributed by atoms with Gasteiger partial charge in [-0.05, 0) is 37.6 Å². The zero-order valence-corrected chi connectivity index (χ0v) is 13.2. The number of nitrogens with zero attached hydrogens (tertiary/aromatic N) is 2. The Morgan fingerprint density at radius 3 is 2.53 bits per heavy atom. The number of anilines is 1. The van der Waals surface area contributed by atoms with Gasteiger partial charge in [0.15, 0.2) is 5.03 Å². The second-order valence-corrected chi connectivity index (χ2v) is 6.85. The summed E-state index contributed by atoms with van der Waals surface area (Å²) in [7, 11) is -1.89. The van der Waals surface area contributed by atoms with Crippen molar-refractivity contribution in [3.05, 3.63) is 40.3 Å². The zero-order valence-electron chi connectivity index (χ0n) is 10.8. The largest absolute Gasteiger partial charge is 0.337 e. The summed E-state index contributed by atoms with van der Waals surface area (Å²) >= 11 is 3.34. The highest BCUT2D eigenvalue weighted by Crippen LogP contribution is 2.22. The van der Waals surface area contributed by atoms with E-state index in [0.29, 0.717) is 11.5 Å². The van der Waals surface area contributed by atoms with Crippen molar-refractivity contribution in [2.45, 2.75) is 18.9 Å². The first-order chi connectivity index (χ1) is 8.79. The van der Waals surface area contributed by atoms with Crippen molar-refractivity contribution in [1.82, 2.24) is 9.55 Å². The van der Waals surface area contributed by atoms with Gasteiger partial charge in [0.1, 0.15) is 5.82 Å². The summed E-state index contributed by atoms with van der Waals surface area (Å²) < 4.78 is 29.5. The number of nitrogens with one attached hydrogen (secondary N) is 1. The monoisotopic (exact) mass is 343 g/mol. The van der Waals surface area contributed by atoms with E-state index in [1.807, 2.05) is 13.0 Å². The van der Waals surface area contributed by atoms with Crippen LogP contribution >= 0.6 is 15.9 Å². The number of aromatic nitrogens is 2. The molecule has 102 valence electrons. The maximum absolute atomic E-state index is 12.2. The maximum Gasteiger partial charge on any atom is 0.280 e. The molecule has 2 rings (SSSR count). The first-order valence-electron chi connectivity index (χ1n) is 5.58. The summed E-state index contributed by atoms with van der Waals surface area (Å²) in [5.41, 5.74) is 1.39. The highest BCUT2D eigenvalue weighted by atomic mass is 79.9. The van der Waals surface area contributed by atoms with Gasteiger partial charge < -0.3 is 4.57 Å². The first kappa shape index (κ1) is 14.1. The van der Waals surface area contributed by atoms with Crippen molar-refractivity contribution in [3.8, 4) is 0 Å². The number of hydrogen-bond acceptors (Lipinski definition) is 3. The normalized spacial score (nSPS) is 11.6. The summed E-state index contributed by atoms with van der Waals surface area (Å²) in [4.78, 5) is 4.03. The molecular weight excluding hydrogens is 330 g/mol. The Morgan fingerprint density at radius 1 is 1.32 bits per heavy atom. The number of rotatable bonds is 3. The Labute approximate surface area is 120 Å². The third-order valence-electron chi connectivity index (χ3n) is 2.79. The number of hydrogen-bond donors (Lipinski definition) is 1. The van der Waals surface area contributed by atoms with Crippen LogP contribution in [0.3, 0.4) is 0 Å². The molecule has 5 nitrogen and oxygen atoms in total. The molecule has 1 N–H and O–H groups in total. The second kappa shape index (κ2) is 4.97.